The van der Waals surface area contributed by atoms with Crippen LogP contribution in [0.25, 0.3) is 11.0 Å². The number of carbonyl (C=O) groups is 1. The molecule has 1 aromatic carbocycles. The van der Waals surface area contributed by atoms with E-state index >= 15 is 0 Å². The second kappa shape index (κ2) is 5.34. The van der Waals surface area contributed by atoms with Gasteiger partial charge in [0.05, 0.1) is 23.1 Å². The standard InChI is InChI=1S/C18H25N3O2/c1-12-6-7-13-14(10-12)21(18(4)8-5-9-18)16(19-13)20-15(22)11-17(2,3)23/h6-7,10,23H,5,8-9,11H2,1-4H3,(H,19,20,22). The first-order valence-electron chi connectivity index (χ1n) is 8.20. The zero-order chi connectivity index (χ0) is 16.8. The fourth-order valence-corrected chi connectivity index (χ4v) is 3.29. The minimum absolute atomic E-state index is 0.000110. The van der Waals surface area contributed by atoms with Crippen molar-refractivity contribution in [2.45, 2.75) is 64.5 Å². The highest BCUT2D eigenvalue weighted by molar-refractivity contribution is 5.92. The van der Waals surface area contributed by atoms with Crippen LogP contribution in [0, 0.1) is 6.92 Å². The smallest absolute Gasteiger partial charge is 0.229 e. The molecule has 1 heterocycles. The molecule has 2 aromatic rings. The van der Waals surface area contributed by atoms with Gasteiger partial charge in [-0.15, -0.1) is 0 Å². The molecular formula is C18H25N3O2. The van der Waals surface area contributed by atoms with Crippen molar-refractivity contribution in [1.82, 2.24) is 9.55 Å². The molecule has 0 unspecified atom stereocenters. The van der Waals surface area contributed by atoms with E-state index in [0.29, 0.717) is 5.95 Å². The van der Waals surface area contributed by atoms with Crippen LogP contribution in [-0.4, -0.2) is 26.2 Å². The van der Waals surface area contributed by atoms with Gasteiger partial charge in [0, 0.05) is 5.54 Å². The van der Waals surface area contributed by atoms with Crippen LogP contribution in [0.2, 0.25) is 0 Å². The Hall–Kier alpha value is -1.88. The van der Waals surface area contributed by atoms with E-state index < -0.39 is 5.60 Å². The van der Waals surface area contributed by atoms with Crippen molar-refractivity contribution in [3.05, 3.63) is 23.8 Å². The second-order valence-electron chi connectivity index (χ2n) is 7.65. The van der Waals surface area contributed by atoms with Crippen molar-refractivity contribution in [2.75, 3.05) is 5.32 Å². The highest BCUT2D eigenvalue weighted by Crippen LogP contribution is 2.43. The minimum Gasteiger partial charge on any atom is -0.390 e. The highest BCUT2D eigenvalue weighted by Gasteiger charge is 2.37. The third kappa shape index (κ3) is 3.11. The van der Waals surface area contributed by atoms with Crippen LogP contribution in [0.1, 0.15) is 52.0 Å². The van der Waals surface area contributed by atoms with Gasteiger partial charge >= 0.3 is 0 Å². The molecule has 0 saturated heterocycles. The molecule has 124 valence electrons. The summed E-state index contributed by atoms with van der Waals surface area (Å²) < 4.78 is 2.17. The molecule has 23 heavy (non-hydrogen) atoms. The van der Waals surface area contributed by atoms with E-state index in [4.69, 9.17) is 0 Å². The first kappa shape index (κ1) is 16.0. The minimum atomic E-state index is -1.03. The Morgan fingerprint density at radius 1 is 1.43 bits per heavy atom. The third-order valence-corrected chi connectivity index (χ3v) is 4.62. The molecule has 0 atom stereocenters. The monoisotopic (exact) mass is 315 g/mol. The zero-order valence-electron chi connectivity index (χ0n) is 14.3. The van der Waals surface area contributed by atoms with Gasteiger partial charge in [0.15, 0.2) is 0 Å². The summed E-state index contributed by atoms with van der Waals surface area (Å²) in [4.78, 5) is 16.9. The van der Waals surface area contributed by atoms with E-state index in [1.165, 1.54) is 12.0 Å². The number of anilines is 1. The number of aryl methyl sites for hydroxylation is 1. The number of benzene rings is 1. The first-order chi connectivity index (χ1) is 10.7. The zero-order valence-corrected chi connectivity index (χ0v) is 14.3. The molecule has 2 N–H and O–H groups in total. The molecule has 0 bridgehead atoms. The van der Waals surface area contributed by atoms with E-state index in [-0.39, 0.29) is 17.9 Å². The van der Waals surface area contributed by atoms with E-state index in [9.17, 15) is 9.90 Å². The molecule has 0 radical (unpaired) electrons. The van der Waals surface area contributed by atoms with Gasteiger partial charge in [-0.1, -0.05) is 6.07 Å². The Bertz CT molecular complexity index is 751. The number of hydrogen-bond acceptors (Lipinski definition) is 3. The van der Waals surface area contributed by atoms with Gasteiger partial charge in [0.2, 0.25) is 11.9 Å². The maximum absolute atomic E-state index is 12.2. The molecule has 1 fully saturated rings. The molecule has 1 amide bonds. The molecular weight excluding hydrogens is 290 g/mol. The van der Waals surface area contributed by atoms with Gasteiger partial charge in [-0.25, -0.2) is 4.98 Å². The van der Waals surface area contributed by atoms with Crippen LogP contribution < -0.4 is 5.32 Å². The van der Waals surface area contributed by atoms with Gasteiger partial charge in [0.25, 0.3) is 0 Å². The average molecular weight is 315 g/mol. The molecule has 0 spiro atoms. The number of imidazole rings is 1. The van der Waals surface area contributed by atoms with Gasteiger partial charge in [-0.2, -0.15) is 0 Å². The molecule has 5 nitrogen and oxygen atoms in total. The number of aliphatic hydroxyl groups is 1. The van der Waals surface area contributed by atoms with Crippen molar-refractivity contribution in [1.29, 1.82) is 0 Å². The van der Waals surface area contributed by atoms with Crippen LogP contribution in [0.5, 0.6) is 0 Å². The molecule has 1 aromatic heterocycles. The van der Waals surface area contributed by atoms with Crippen molar-refractivity contribution in [2.24, 2.45) is 0 Å². The summed E-state index contributed by atoms with van der Waals surface area (Å²) in [5.74, 6) is 0.371. The topological polar surface area (TPSA) is 67.2 Å². The Kier molecular flexibility index (Phi) is 3.71. The molecule has 1 aliphatic rings. The summed E-state index contributed by atoms with van der Waals surface area (Å²) in [5, 5.41) is 12.7. The Labute approximate surface area is 136 Å². The third-order valence-electron chi connectivity index (χ3n) is 4.62. The second-order valence-corrected chi connectivity index (χ2v) is 7.65. The largest absolute Gasteiger partial charge is 0.390 e. The lowest BCUT2D eigenvalue weighted by Gasteiger charge is -2.41. The van der Waals surface area contributed by atoms with Crippen LogP contribution in [-0.2, 0) is 10.3 Å². The van der Waals surface area contributed by atoms with Gasteiger partial charge in [-0.05, 0) is 64.7 Å². The van der Waals surface area contributed by atoms with Gasteiger partial charge in [-0.3, -0.25) is 10.1 Å². The van der Waals surface area contributed by atoms with E-state index in [1.54, 1.807) is 13.8 Å². The van der Waals surface area contributed by atoms with Crippen LogP contribution >= 0.6 is 0 Å². The summed E-state index contributed by atoms with van der Waals surface area (Å²) in [6, 6.07) is 6.15. The molecule has 5 heteroatoms. The SMILES string of the molecule is Cc1ccc2nc(NC(=O)CC(C)(C)O)n(C3(C)CCC3)c2c1. The van der Waals surface area contributed by atoms with Crippen LogP contribution in [0.15, 0.2) is 18.2 Å². The number of hydrogen-bond donors (Lipinski definition) is 2. The van der Waals surface area contributed by atoms with E-state index in [1.807, 2.05) is 12.1 Å². The summed E-state index contributed by atoms with van der Waals surface area (Å²) in [6.07, 6.45) is 3.41. The lowest BCUT2D eigenvalue weighted by Crippen LogP contribution is -2.38. The predicted molar refractivity (Wildman–Crippen MR) is 91.5 cm³/mol. The fourth-order valence-electron chi connectivity index (χ4n) is 3.29. The number of aromatic nitrogens is 2. The molecule has 1 aliphatic carbocycles. The fraction of sp³-hybridized carbons (Fsp3) is 0.556. The first-order valence-corrected chi connectivity index (χ1v) is 8.20. The predicted octanol–water partition coefficient (Wildman–Crippen LogP) is 3.34. The van der Waals surface area contributed by atoms with Crippen LogP contribution in [0.4, 0.5) is 5.95 Å². The molecule has 1 saturated carbocycles. The number of fused-ring (bicyclic) bond motifs is 1. The van der Waals surface area contributed by atoms with Crippen LogP contribution in [0.3, 0.4) is 0 Å². The van der Waals surface area contributed by atoms with Crippen molar-refractivity contribution < 1.29 is 9.90 Å². The average Bonchev–Trinajstić information content (AvgIpc) is 2.71. The number of nitrogens with zero attached hydrogens (tertiary/aromatic N) is 2. The van der Waals surface area contributed by atoms with Crippen molar-refractivity contribution >= 4 is 22.9 Å². The van der Waals surface area contributed by atoms with Crippen molar-refractivity contribution in [3.8, 4) is 0 Å². The summed E-state index contributed by atoms with van der Waals surface area (Å²) >= 11 is 0. The number of rotatable bonds is 4. The summed E-state index contributed by atoms with van der Waals surface area (Å²) in [7, 11) is 0. The maximum Gasteiger partial charge on any atom is 0.229 e. The number of nitrogens with one attached hydrogen (secondary N) is 1. The lowest BCUT2D eigenvalue weighted by molar-refractivity contribution is -0.119. The lowest BCUT2D eigenvalue weighted by atomic mass is 9.78. The Balaban J connectivity index is 2.02. The normalized spacial score (nSPS) is 17.1. The van der Waals surface area contributed by atoms with Gasteiger partial charge < -0.3 is 9.67 Å². The summed E-state index contributed by atoms with van der Waals surface area (Å²) in [5.41, 5.74) is 2.10. The number of carbonyl (C=O) groups excluding carboxylic acids is 1. The molecule has 3 rings (SSSR count). The van der Waals surface area contributed by atoms with E-state index in [0.717, 1.165) is 23.9 Å². The summed E-state index contributed by atoms with van der Waals surface area (Å²) in [6.45, 7) is 7.54. The quantitative estimate of drug-likeness (QED) is 0.909. The Morgan fingerprint density at radius 2 is 2.13 bits per heavy atom. The maximum atomic E-state index is 12.2. The highest BCUT2D eigenvalue weighted by atomic mass is 16.3. The van der Waals surface area contributed by atoms with Gasteiger partial charge in [0.1, 0.15) is 0 Å². The Morgan fingerprint density at radius 3 is 2.70 bits per heavy atom. The van der Waals surface area contributed by atoms with Crippen molar-refractivity contribution in [3.63, 3.8) is 0 Å². The van der Waals surface area contributed by atoms with E-state index in [2.05, 4.69) is 34.8 Å². The molecule has 0 aliphatic heterocycles. The number of amides is 1.